The molecule has 1 saturated carbocycles. The van der Waals surface area contributed by atoms with Crippen LogP contribution < -0.4 is 5.32 Å². The molecule has 1 N–H and O–H groups in total. The van der Waals surface area contributed by atoms with Gasteiger partial charge in [0.05, 0.1) is 0 Å². The monoisotopic (exact) mass is 357 g/mol. The van der Waals surface area contributed by atoms with Crippen molar-refractivity contribution in [1.29, 1.82) is 0 Å². The van der Waals surface area contributed by atoms with Crippen LogP contribution in [-0.4, -0.2) is 54.0 Å². The van der Waals surface area contributed by atoms with Crippen LogP contribution in [0.15, 0.2) is 12.1 Å². The maximum atomic E-state index is 13.1. The summed E-state index contributed by atoms with van der Waals surface area (Å²) >= 11 is 0. The minimum Gasteiger partial charge on any atom is -0.337 e. The van der Waals surface area contributed by atoms with Crippen LogP contribution in [0, 0.1) is 20.8 Å². The van der Waals surface area contributed by atoms with Crippen molar-refractivity contribution in [3.63, 3.8) is 0 Å². The Hall–Kier alpha value is -2.04. The summed E-state index contributed by atoms with van der Waals surface area (Å²) in [6.45, 7) is 8.70. The number of benzene rings is 1. The fourth-order valence-corrected chi connectivity index (χ4v) is 4.34. The molecule has 5 heteroatoms. The highest BCUT2D eigenvalue weighted by molar-refractivity contribution is 5.97. The molecule has 5 nitrogen and oxygen atoms in total. The summed E-state index contributed by atoms with van der Waals surface area (Å²) in [4.78, 5) is 29.4. The fraction of sp³-hybridized carbons (Fsp3) is 0.619. The summed E-state index contributed by atoms with van der Waals surface area (Å²) < 4.78 is 0. The zero-order valence-corrected chi connectivity index (χ0v) is 16.3. The number of carbonyl (C=O) groups excluding carboxylic acids is 2. The van der Waals surface area contributed by atoms with E-state index in [0.717, 1.165) is 36.0 Å². The molecule has 1 aromatic rings. The second-order valence-electron chi connectivity index (χ2n) is 7.84. The summed E-state index contributed by atoms with van der Waals surface area (Å²) in [6.07, 6.45) is 5.44. The van der Waals surface area contributed by atoms with Gasteiger partial charge in [0.15, 0.2) is 0 Å². The highest BCUT2D eigenvalue weighted by Gasteiger charge is 2.26. The van der Waals surface area contributed by atoms with E-state index in [1.54, 1.807) is 0 Å². The summed E-state index contributed by atoms with van der Waals surface area (Å²) in [5.41, 5.74) is 4.07. The Morgan fingerprint density at radius 2 is 1.46 bits per heavy atom. The van der Waals surface area contributed by atoms with Gasteiger partial charge >= 0.3 is 6.03 Å². The first kappa shape index (κ1) is 18.7. The van der Waals surface area contributed by atoms with Gasteiger partial charge in [0.25, 0.3) is 5.91 Å². The number of hydrogen-bond acceptors (Lipinski definition) is 2. The van der Waals surface area contributed by atoms with E-state index in [0.29, 0.717) is 32.2 Å². The van der Waals surface area contributed by atoms with Crippen LogP contribution >= 0.6 is 0 Å². The molecule has 142 valence electrons. The molecule has 0 bridgehead atoms. The van der Waals surface area contributed by atoms with Crippen molar-refractivity contribution >= 4 is 11.9 Å². The third-order valence-electron chi connectivity index (χ3n) is 5.64. The average molecular weight is 357 g/mol. The molecule has 2 fully saturated rings. The quantitative estimate of drug-likeness (QED) is 0.882. The van der Waals surface area contributed by atoms with E-state index < -0.39 is 0 Å². The van der Waals surface area contributed by atoms with Crippen LogP contribution in [0.1, 0.15) is 59.2 Å². The molecule has 1 aliphatic heterocycles. The van der Waals surface area contributed by atoms with E-state index in [1.165, 1.54) is 18.4 Å². The second-order valence-corrected chi connectivity index (χ2v) is 7.84. The molecule has 1 aliphatic carbocycles. The van der Waals surface area contributed by atoms with Gasteiger partial charge < -0.3 is 15.1 Å². The molecule has 1 aromatic carbocycles. The van der Waals surface area contributed by atoms with E-state index in [-0.39, 0.29) is 11.9 Å². The predicted octanol–water partition coefficient (Wildman–Crippen LogP) is 3.41. The largest absolute Gasteiger partial charge is 0.337 e. The van der Waals surface area contributed by atoms with Gasteiger partial charge in [-0.05, 0) is 51.2 Å². The Balaban J connectivity index is 1.63. The Bertz CT molecular complexity index is 657. The molecule has 3 amide bonds. The summed E-state index contributed by atoms with van der Waals surface area (Å²) in [7, 11) is 0. The van der Waals surface area contributed by atoms with Gasteiger partial charge in [0.2, 0.25) is 0 Å². The van der Waals surface area contributed by atoms with E-state index >= 15 is 0 Å². The van der Waals surface area contributed by atoms with Gasteiger partial charge in [0.1, 0.15) is 0 Å². The van der Waals surface area contributed by atoms with E-state index in [2.05, 4.69) is 24.4 Å². The zero-order chi connectivity index (χ0) is 18.7. The first-order valence-corrected chi connectivity index (χ1v) is 9.88. The molecule has 3 rings (SSSR count). The lowest BCUT2D eigenvalue weighted by Gasteiger charge is -2.25. The first-order chi connectivity index (χ1) is 12.5. The molecule has 0 atom stereocenters. The van der Waals surface area contributed by atoms with Crippen molar-refractivity contribution in [3.05, 3.63) is 34.4 Å². The molecule has 1 heterocycles. The lowest BCUT2D eigenvalue weighted by atomic mass is 9.98. The molecule has 0 radical (unpaired) electrons. The minimum atomic E-state index is 0.0360. The average Bonchev–Trinajstić information content (AvgIpc) is 2.94. The highest BCUT2D eigenvalue weighted by Crippen LogP contribution is 2.20. The van der Waals surface area contributed by atoms with Gasteiger partial charge in [-0.1, -0.05) is 30.5 Å². The summed E-state index contributed by atoms with van der Waals surface area (Å²) in [5, 5.41) is 3.16. The van der Waals surface area contributed by atoms with Crippen molar-refractivity contribution in [2.75, 3.05) is 26.2 Å². The number of carbonyl (C=O) groups is 2. The van der Waals surface area contributed by atoms with Crippen molar-refractivity contribution in [2.45, 2.75) is 58.9 Å². The molecule has 0 spiro atoms. The van der Waals surface area contributed by atoms with Crippen LogP contribution in [-0.2, 0) is 0 Å². The Morgan fingerprint density at radius 1 is 0.885 bits per heavy atom. The number of nitrogens with one attached hydrogen (secondary N) is 1. The summed E-state index contributed by atoms with van der Waals surface area (Å²) in [5.74, 6) is 0.0954. The number of hydrogen-bond donors (Lipinski definition) is 1. The van der Waals surface area contributed by atoms with Gasteiger partial charge in [-0.2, -0.15) is 0 Å². The molecule has 26 heavy (non-hydrogen) atoms. The topological polar surface area (TPSA) is 52.7 Å². The maximum Gasteiger partial charge on any atom is 0.317 e. The van der Waals surface area contributed by atoms with Crippen LogP contribution in [0.25, 0.3) is 0 Å². The number of amides is 3. The van der Waals surface area contributed by atoms with Crippen LogP contribution in [0.3, 0.4) is 0 Å². The number of urea groups is 1. The molecule has 0 aromatic heterocycles. The molecule has 0 unspecified atom stereocenters. The fourth-order valence-electron chi connectivity index (χ4n) is 4.34. The number of nitrogens with zero attached hydrogens (tertiary/aromatic N) is 2. The van der Waals surface area contributed by atoms with Crippen LogP contribution in [0.5, 0.6) is 0 Å². The van der Waals surface area contributed by atoms with E-state index in [1.807, 2.05) is 23.6 Å². The first-order valence-electron chi connectivity index (χ1n) is 9.88. The highest BCUT2D eigenvalue weighted by atomic mass is 16.2. The van der Waals surface area contributed by atoms with Gasteiger partial charge in [-0.3, -0.25) is 4.79 Å². The molecular weight excluding hydrogens is 326 g/mol. The normalized spacial score (nSPS) is 18.7. The standard InChI is InChI=1S/C21H31N3O2/c1-15-13-16(2)19(17(3)14-15)20(25)23-9-6-10-24(12-11-23)21(26)22-18-7-4-5-8-18/h13-14,18H,4-12H2,1-3H3,(H,22,26). The van der Waals surface area contributed by atoms with Crippen LogP contribution in [0.2, 0.25) is 0 Å². The van der Waals surface area contributed by atoms with Crippen LogP contribution in [0.4, 0.5) is 4.79 Å². The lowest BCUT2D eigenvalue weighted by Crippen LogP contribution is -2.45. The second kappa shape index (κ2) is 8.11. The van der Waals surface area contributed by atoms with Gasteiger partial charge in [0, 0.05) is 37.8 Å². The number of rotatable bonds is 2. The van der Waals surface area contributed by atoms with Crippen molar-refractivity contribution in [1.82, 2.24) is 15.1 Å². The Labute approximate surface area is 156 Å². The maximum absolute atomic E-state index is 13.1. The van der Waals surface area contributed by atoms with Crippen molar-refractivity contribution < 1.29 is 9.59 Å². The van der Waals surface area contributed by atoms with Gasteiger partial charge in [-0.25, -0.2) is 4.79 Å². The smallest absolute Gasteiger partial charge is 0.317 e. The van der Waals surface area contributed by atoms with E-state index in [4.69, 9.17) is 0 Å². The SMILES string of the molecule is Cc1cc(C)c(C(=O)N2CCCN(C(=O)NC3CCCC3)CC2)c(C)c1. The third-order valence-corrected chi connectivity index (χ3v) is 5.64. The Morgan fingerprint density at radius 3 is 2.12 bits per heavy atom. The predicted molar refractivity (Wildman–Crippen MR) is 104 cm³/mol. The van der Waals surface area contributed by atoms with Gasteiger partial charge in [-0.15, -0.1) is 0 Å². The zero-order valence-electron chi connectivity index (χ0n) is 16.3. The van der Waals surface area contributed by atoms with Crippen molar-refractivity contribution in [2.24, 2.45) is 0 Å². The molecule has 2 aliphatic rings. The lowest BCUT2D eigenvalue weighted by molar-refractivity contribution is 0.0760. The third kappa shape index (κ3) is 4.19. The summed E-state index contributed by atoms with van der Waals surface area (Å²) in [6, 6.07) is 4.51. The van der Waals surface area contributed by atoms with E-state index in [9.17, 15) is 9.59 Å². The molecular formula is C21H31N3O2. The van der Waals surface area contributed by atoms with Crippen molar-refractivity contribution in [3.8, 4) is 0 Å². The minimum absolute atomic E-state index is 0.0360. The number of aryl methyl sites for hydroxylation is 3. The Kier molecular flexibility index (Phi) is 5.84. The molecule has 1 saturated heterocycles.